The van der Waals surface area contributed by atoms with Crippen LogP contribution in [0.25, 0.3) is 0 Å². The van der Waals surface area contributed by atoms with Crippen molar-refractivity contribution in [2.24, 2.45) is 5.73 Å². The number of carbonyl (C=O) groups excluding carboxylic acids is 5. The zero-order valence-corrected chi connectivity index (χ0v) is 19.5. The van der Waals surface area contributed by atoms with Gasteiger partial charge < -0.3 is 38.9 Å². The quantitative estimate of drug-likeness (QED) is 0.311. The second-order valence-electron chi connectivity index (χ2n) is 7.35. The normalized spacial score (nSPS) is 26.3. The van der Waals surface area contributed by atoms with E-state index in [1.807, 2.05) is 0 Å². The molecule has 0 aromatic heterocycles. The average molecular weight is 477 g/mol. The minimum absolute atomic E-state index is 0.122. The first-order chi connectivity index (χ1) is 15.3. The minimum atomic E-state index is -1.54. The van der Waals surface area contributed by atoms with Crippen molar-refractivity contribution in [3.63, 3.8) is 0 Å². The van der Waals surface area contributed by atoms with Gasteiger partial charge >= 0.3 is 29.8 Å². The van der Waals surface area contributed by atoms with Gasteiger partial charge in [0.2, 0.25) is 0 Å². The zero-order valence-electron chi connectivity index (χ0n) is 19.5. The van der Waals surface area contributed by atoms with Gasteiger partial charge in [-0.2, -0.15) is 0 Å². The van der Waals surface area contributed by atoms with Crippen LogP contribution in [0.3, 0.4) is 0 Å². The van der Waals surface area contributed by atoms with Crippen LogP contribution < -0.4 is 5.73 Å². The Balaban J connectivity index is 3.58. The summed E-state index contributed by atoms with van der Waals surface area (Å²) < 4.78 is 37.7. The summed E-state index contributed by atoms with van der Waals surface area (Å²) >= 11 is 0. The molecule has 13 nitrogen and oxygen atoms in total. The van der Waals surface area contributed by atoms with E-state index in [0.717, 1.165) is 34.6 Å². The Morgan fingerprint density at radius 3 is 1.91 bits per heavy atom. The van der Waals surface area contributed by atoms with Gasteiger partial charge in [-0.05, 0) is 0 Å². The number of ether oxygens (including phenoxy) is 7. The molecular formula is C20H31NO12. The molecule has 0 aliphatic carbocycles. The highest BCUT2D eigenvalue weighted by Gasteiger charge is 2.55. The summed E-state index contributed by atoms with van der Waals surface area (Å²) in [6, 6.07) is 0. The smallest absolute Gasteiger partial charge is 0.303 e. The number of methoxy groups -OCH3 is 1. The molecule has 1 saturated heterocycles. The lowest BCUT2D eigenvalue weighted by Crippen LogP contribution is -2.65. The largest absolute Gasteiger partial charge is 0.462 e. The maximum absolute atomic E-state index is 11.9. The number of esters is 5. The monoisotopic (exact) mass is 477 g/mol. The third kappa shape index (κ3) is 8.59. The summed E-state index contributed by atoms with van der Waals surface area (Å²) in [6.45, 7) is 4.84. The summed E-state index contributed by atoms with van der Waals surface area (Å²) in [4.78, 5) is 58.7. The van der Waals surface area contributed by atoms with Crippen LogP contribution in [-0.2, 0) is 57.1 Å². The number of nitrogens with two attached hydrogens (primary N) is 1. The topological polar surface area (TPSA) is 176 Å². The van der Waals surface area contributed by atoms with Gasteiger partial charge in [-0.3, -0.25) is 24.0 Å². The molecule has 0 aromatic rings. The van der Waals surface area contributed by atoms with E-state index in [4.69, 9.17) is 38.9 Å². The van der Waals surface area contributed by atoms with E-state index >= 15 is 0 Å². The molecule has 33 heavy (non-hydrogen) atoms. The van der Waals surface area contributed by atoms with E-state index in [2.05, 4.69) is 0 Å². The molecule has 1 rings (SSSR count). The van der Waals surface area contributed by atoms with Crippen molar-refractivity contribution in [2.75, 3.05) is 20.3 Å². The van der Waals surface area contributed by atoms with Crippen LogP contribution in [0.5, 0.6) is 0 Å². The predicted molar refractivity (Wildman–Crippen MR) is 107 cm³/mol. The molecule has 1 aliphatic heterocycles. The van der Waals surface area contributed by atoms with Crippen LogP contribution in [0, 0.1) is 0 Å². The SMILES string of the molecule is CO[C@]1(CN)C[C@H](OC(C)=O)[C@@H](OC(C)=O)[C@H]([C@H](OC(C)=O)[C@H](COC(C)=O)OC(C)=O)O1. The highest BCUT2D eigenvalue weighted by Crippen LogP contribution is 2.36. The molecule has 1 aliphatic rings. The Labute approximate surface area is 191 Å². The van der Waals surface area contributed by atoms with E-state index in [1.165, 1.54) is 7.11 Å². The van der Waals surface area contributed by atoms with Crippen molar-refractivity contribution >= 4 is 29.8 Å². The third-order valence-corrected chi connectivity index (χ3v) is 4.62. The van der Waals surface area contributed by atoms with Gasteiger partial charge in [-0.25, -0.2) is 0 Å². The van der Waals surface area contributed by atoms with E-state index in [-0.39, 0.29) is 13.0 Å². The van der Waals surface area contributed by atoms with Crippen LogP contribution in [0.15, 0.2) is 0 Å². The lowest BCUT2D eigenvalue weighted by atomic mass is 9.90. The van der Waals surface area contributed by atoms with E-state index in [9.17, 15) is 24.0 Å². The summed E-state index contributed by atoms with van der Waals surface area (Å²) in [7, 11) is 1.30. The van der Waals surface area contributed by atoms with Crippen molar-refractivity contribution in [3.05, 3.63) is 0 Å². The van der Waals surface area contributed by atoms with Crippen molar-refractivity contribution < 1.29 is 57.1 Å². The fourth-order valence-corrected chi connectivity index (χ4v) is 3.41. The molecule has 6 atom stereocenters. The molecule has 1 fully saturated rings. The maximum atomic E-state index is 11.9. The minimum Gasteiger partial charge on any atom is -0.462 e. The van der Waals surface area contributed by atoms with Gasteiger partial charge in [-0.15, -0.1) is 0 Å². The molecule has 13 heteroatoms. The summed E-state index contributed by atoms with van der Waals surface area (Å²) in [5, 5.41) is 0. The first-order valence-electron chi connectivity index (χ1n) is 10.1. The molecule has 0 radical (unpaired) electrons. The Bertz CT molecular complexity index is 735. The van der Waals surface area contributed by atoms with Gasteiger partial charge in [0, 0.05) is 54.7 Å². The Morgan fingerprint density at radius 2 is 1.48 bits per heavy atom. The molecule has 188 valence electrons. The van der Waals surface area contributed by atoms with Crippen LogP contribution in [0.2, 0.25) is 0 Å². The second kappa shape index (κ2) is 12.5. The predicted octanol–water partition coefficient (Wildman–Crippen LogP) is -0.633. The van der Waals surface area contributed by atoms with Gasteiger partial charge in [0.15, 0.2) is 24.1 Å². The van der Waals surface area contributed by atoms with Crippen molar-refractivity contribution in [1.82, 2.24) is 0 Å². The van der Waals surface area contributed by atoms with E-state index < -0.39 is 72.8 Å². The highest BCUT2D eigenvalue weighted by molar-refractivity contribution is 5.69. The Morgan fingerprint density at radius 1 is 0.909 bits per heavy atom. The highest BCUT2D eigenvalue weighted by atomic mass is 16.7. The van der Waals surface area contributed by atoms with Crippen LogP contribution in [0.1, 0.15) is 41.0 Å². The molecule has 0 unspecified atom stereocenters. The third-order valence-electron chi connectivity index (χ3n) is 4.62. The molecule has 0 aromatic carbocycles. The van der Waals surface area contributed by atoms with Crippen LogP contribution in [-0.4, -0.2) is 86.4 Å². The van der Waals surface area contributed by atoms with Gasteiger partial charge in [0.1, 0.15) is 18.8 Å². The van der Waals surface area contributed by atoms with Crippen molar-refractivity contribution in [2.45, 2.75) is 77.3 Å². The van der Waals surface area contributed by atoms with E-state index in [0.29, 0.717) is 0 Å². The molecule has 0 amide bonds. The molecule has 1 heterocycles. The fraction of sp³-hybridized carbons (Fsp3) is 0.750. The average Bonchev–Trinajstić information content (AvgIpc) is 2.69. The summed E-state index contributed by atoms with van der Waals surface area (Å²) in [6.07, 6.45) is -6.82. The number of hydrogen-bond acceptors (Lipinski definition) is 13. The summed E-state index contributed by atoms with van der Waals surface area (Å²) in [5.74, 6) is -5.27. The standard InChI is InChI=1S/C20H31NO12/c1-10(22)28-8-16(30-12(3)24)18(32-14(5)26)19-17(31-13(4)25)15(29-11(2)23)7-20(9-21,27-6)33-19/h15-19H,7-9,21H2,1-6H3/t15-,16-,17+,18+,19+,20+/m0/s1. The molecule has 2 N–H and O–H groups in total. The van der Waals surface area contributed by atoms with Gasteiger partial charge in [-0.1, -0.05) is 0 Å². The number of carbonyl (C=O) groups is 5. The lowest BCUT2D eigenvalue weighted by molar-refractivity contribution is -0.328. The van der Waals surface area contributed by atoms with Crippen molar-refractivity contribution in [1.29, 1.82) is 0 Å². The van der Waals surface area contributed by atoms with E-state index in [1.54, 1.807) is 0 Å². The fourth-order valence-electron chi connectivity index (χ4n) is 3.41. The number of rotatable bonds is 10. The first-order valence-corrected chi connectivity index (χ1v) is 10.1. The van der Waals surface area contributed by atoms with Gasteiger partial charge in [0.25, 0.3) is 0 Å². The second-order valence-corrected chi connectivity index (χ2v) is 7.35. The van der Waals surface area contributed by atoms with Gasteiger partial charge in [0.05, 0.1) is 0 Å². The summed E-state index contributed by atoms with van der Waals surface area (Å²) in [5.41, 5.74) is 5.85. The Hall–Kier alpha value is -2.77. The molecular weight excluding hydrogens is 446 g/mol. The van der Waals surface area contributed by atoms with Crippen LogP contribution >= 0.6 is 0 Å². The maximum Gasteiger partial charge on any atom is 0.303 e. The van der Waals surface area contributed by atoms with Crippen molar-refractivity contribution in [3.8, 4) is 0 Å². The molecule has 0 bridgehead atoms. The molecule has 0 saturated carbocycles. The number of hydrogen-bond donors (Lipinski definition) is 1. The Kier molecular flexibility index (Phi) is 10.7. The van der Waals surface area contributed by atoms with Crippen LogP contribution in [0.4, 0.5) is 0 Å². The zero-order chi connectivity index (χ0) is 25.3. The first kappa shape index (κ1) is 28.3. The lowest BCUT2D eigenvalue weighted by Gasteiger charge is -2.48. The molecule has 0 spiro atoms.